The fourth-order valence-corrected chi connectivity index (χ4v) is 6.55. The molecule has 202 valence electrons. The number of likely N-dealkylation sites (tertiary alicyclic amines) is 1. The van der Waals surface area contributed by atoms with Crippen LogP contribution in [0.15, 0.2) is 34.9 Å². The molecule has 38 heavy (non-hydrogen) atoms. The summed E-state index contributed by atoms with van der Waals surface area (Å²) >= 11 is 3.54. The van der Waals surface area contributed by atoms with Gasteiger partial charge in [-0.05, 0) is 67.3 Å². The molecule has 0 unspecified atom stereocenters. The molecule has 0 spiro atoms. The van der Waals surface area contributed by atoms with Gasteiger partial charge in [0, 0.05) is 56.6 Å². The van der Waals surface area contributed by atoms with Gasteiger partial charge >= 0.3 is 0 Å². The van der Waals surface area contributed by atoms with Crippen molar-refractivity contribution in [3.8, 4) is 6.07 Å². The summed E-state index contributed by atoms with van der Waals surface area (Å²) < 4.78 is 0.711. The average Bonchev–Trinajstić information content (AvgIpc) is 3.48. The van der Waals surface area contributed by atoms with Gasteiger partial charge in [0.15, 0.2) is 5.78 Å². The summed E-state index contributed by atoms with van der Waals surface area (Å²) in [7, 11) is 2.22. The third-order valence-electron chi connectivity index (χ3n) is 8.47. The van der Waals surface area contributed by atoms with E-state index in [9.17, 15) is 10.1 Å². The van der Waals surface area contributed by atoms with Crippen molar-refractivity contribution in [1.82, 2.24) is 24.7 Å². The van der Waals surface area contributed by atoms with Crippen LogP contribution in [-0.2, 0) is 6.54 Å². The Morgan fingerprint density at radius 2 is 1.74 bits per heavy atom. The molecular weight excluding hydrogens is 542 g/mol. The molecule has 3 heterocycles. The molecule has 2 saturated heterocycles. The Bertz CT molecular complexity index is 1130. The summed E-state index contributed by atoms with van der Waals surface area (Å²) in [5.41, 5.74) is 1.97. The highest BCUT2D eigenvalue weighted by molar-refractivity contribution is 9.10. The summed E-state index contributed by atoms with van der Waals surface area (Å²) in [5.74, 6) is 0.824. The lowest BCUT2D eigenvalue weighted by molar-refractivity contribution is 0.0658. The number of rotatable bonds is 8. The molecule has 1 saturated carbocycles. The van der Waals surface area contributed by atoms with E-state index < -0.39 is 0 Å². The number of likely N-dealkylation sites (N-methyl/N-ethyl adjacent to an activating group) is 1. The first-order valence-electron chi connectivity index (χ1n) is 14.0. The van der Waals surface area contributed by atoms with Crippen molar-refractivity contribution in [2.75, 3.05) is 57.8 Å². The van der Waals surface area contributed by atoms with E-state index in [1.165, 1.54) is 44.6 Å². The zero-order chi connectivity index (χ0) is 26.5. The first-order valence-corrected chi connectivity index (χ1v) is 14.8. The molecule has 0 amide bonds. The van der Waals surface area contributed by atoms with Gasteiger partial charge in [0.05, 0.1) is 11.0 Å². The third-order valence-corrected chi connectivity index (χ3v) is 9.03. The number of benzene rings is 1. The van der Waals surface area contributed by atoms with Gasteiger partial charge in [-0.15, -0.1) is 0 Å². The van der Waals surface area contributed by atoms with Crippen molar-refractivity contribution in [2.45, 2.75) is 57.2 Å². The summed E-state index contributed by atoms with van der Waals surface area (Å²) in [6.45, 7) is 8.19. The van der Waals surface area contributed by atoms with Gasteiger partial charge < -0.3 is 9.80 Å². The topological polar surface area (TPSA) is 79.6 Å². The van der Waals surface area contributed by atoms with E-state index in [4.69, 9.17) is 0 Å². The summed E-state index contributed by atoms with van der Waals surface area (Å²) in [5, 5.41) is 9.30. The number of piperidine rings is 1. The molecule has 5 rings (SSSR count). The predicted molar refractivity (Wildman–Crippen MR) is 152 cm³/mol. The molecule has 2 aromatic rings. The normalized spacial score (nSPS) is 20.4. The molecule has 9 heteroatoms. The van der Waals surface area contributed by atoms with Crippen molar-refractivity contribution in [2.24, 2.45) is 0 Å². The predicted octanol–water partition coefficient (Wildman–Crippen LogP) is 3.95. The van der Waals surface area contributed by atoms with E-state index >= 15 is 0 Å². The summed E-state index contributed by atoms with van der Waals surface area (Å²) in [6.07, 6.45) is 8.42. The lowest BCUT2D eigenvalue weighted by Gasteiger charge is -2.42. The molecule has 1 aromatic heterocycles. The van der Waals surface area contributed by atoms with Gasteiger partial charge in [0.1, 0.15) is 11.9 Å². The van der Waals surface area contributed by atoms with E-state index in [1.54, 1.807) is 6.20 Å². The zero-order valence-electron chi connectivity index (χ0n) is 22.4. The van der Waals surface area contributed by atoms with Gasteiger partial charge in [-0.25, -0.2) is 9.97 Å². The van der Waals surface area contributed by atoms with Crippen LogP contribution in [0, 0.1) is 11.3 Å². The van der Waals surface area contributed by atoms with E-state index in [0.717, 1.165) is 56.9 Å². The maximum absolute atomic E-state index is 13.4. The number of carbonyl (C=O) groups is 1. The molecule has 0 bridgehead atoms. The number of nitrogens with zero attached hydrogens (tertiary/aromatic N) is 7. The second-order valence-corrected chi connectivity index (χ2v) is 11.9. The molecule has 0 atom stereocenters. The lowest BCUT2D eigenvalue weighted by atomic mass is 10.0. The largest absolute Gasteiger partial charge is 0.345 e. The Labute approximate surface area is 234 Å². The molecule has 1 aromatic carbocycles. The van der Waals surface area contributed by atoms with E-state index in [1.807, 2.05) is 18.2 Å². The Morgan fingerprint density at radius 3 is 2.39 bits per heavy atom. The minimum atomic E-state index is 0.0699. The smallest absolute Gasteiger partial charge is 0.234 e. The first-order chi connectivity index (χ1) is 18.5. The van der Waals surface area contributed by atoms with Gasteiger partial charge in [-0.2, -0.15) is 5.26 Å². The first kappa shape index (κ1) is 27.2. The van der Waals surface area contributed by atoms with Crippen LogP contribution in [0.3, 0.4) is 0 Å². The number of Topliss-reactive ketones (excluding diaryl/α,β-unsaturated/α-hetero) is 1. The SMILES string of the molecule is CN1CCN(C2CCN(Cc3ccc(C(=O)CN(c4nc(C#N)ncc4Br)C4CCCC4)cc3)CC2)CC1. The van der Waals surface area contributed by atoms with Crippen LogP contribution in [0.5, 0.6) is 0 Å². The summed E-state index contributed by atoms with van der Waals surface area (Å²) in [6, 6.07) is 11.1. The minimum absolute atomic E-state index is 0.0699. The second-order valence-electron chi connectivity index (χ2n) is 11.0. The second kappa shape index (κ2) is 12.6. The minimum Gasteiger partial charge on any atom is -0.345 e. The standard InChI is InChI=1S/C29H38BrN7O/c1-34-14-16-36(17-15-34)24-10-12-35(13-11-24)20-22-6-8-23(9-7-22)27(38)21-37(25-4-2-3-5-25)29-26(30)19-32-28(18-31)33-29/h6-9,19,24-25H,2-5,10-17,20-21H2,1H3. The monoisotopic (exact) mass is 579 g/mol. The highest BCUT2D eigenvalue weighted by atomic mass is 79.9. The maximum Gasteiger partial charge on any atom is 0.234 e. The Hall–Kier alpha value is -2.38. The number of nitriles is 1. The molecule has 2 aliphatic heterocycles. The molecular formula is C29H38BrN7O. The molecule has 8 nitrogen and oxygen atoms in total. The van der Waals surface area contributed by atoms with Gasteiger partial charge in [0.25, 0.3) is 0 Å². The average molecular weight is 581 g/mol. The van der Waals surface area contributed by atoms with Crippen LogP contribution >= 0.6 is 15.9 Å². The van der Waals surface area contributed by atoms with Crippen LogP contribution in [0.1, 0.15) is 60.3 Å². The lowest BCUT2D eigenvalue weighted by Crippen LogP contribution is -2.52. The number of hydrogen-bond donors (Lipinski definition) is 0. The van der Waals surface area contributed by atoms with Crippen LogP contribution in [0.25, 0.3) is 0 Å². The van der Waals surface area contributed by atoms with E-state index in [2.05, 4.69) is 64.7 Å². The fraction of sp³-hybridized carbons (Fsp3) is 0.586. The number of hydrogen-bond acceptors (Lipinski definition) is 8. The van der Waals surface area contributed by atoms with Crippen LogP contribution in [0.2, 0.25) is 0 Å². The van der Waals surface area contributed by atoms with Crippen molar-refractivity contribution >= 4 is 27.5 Å². The van der Waals surface area contributed by atoms with Gasteiger partial charge in [-0.1, -0.05) is 37.1 Å². The highest BCUT2D eigenvalue weighted by Crippen LogP contribution is 2.32. The van der Waals surface area contributed by atoms with E-state index in [-0.39, 0.29) is 24.2 Å². The number of carbonyl (C=O) groups excluding carboxylic acids is 1. The number of ketones is 1. The van der Waals surface area contributed by atoms with Crippen molar-refractivity contribution < 1.29 is 4.79 Å². The highest BCUT2D eigenvalue weighted by Gasteiger charge is 2.29. The number of piperazine rings is 1. The molecule has 0 radical (unpaired) electrons. The molecule has 1 aliphatic carbocycles. The number of halogens is 1. The van der Waals surface area contributed by atoms with Crippen LogP contribution < -0.4 is 4.90 Å². The Morgan fingerprint density at radius 1 is 1.05 bits per heavy atom. The van der Waals surface area contributed by atoms with Crippen molar-refractivity contribution in [1.29, 1.82) is 5.26 Å². The van der Waals surface area contributed by atoms with Crippen molar-refractivity contribution in [3.63, 3.8) is 0 Å². The quantitative estimate of drug-likeness (QED) is 0.435. The number of aromatic nitrogens is 2. The van der Waals surface area contributed by atoms with Crippen LogP contribution in [-0.4, -0.2) is 95.4 Å². The van der Waals surface area contributed by atoms with Gasteiger partial charge in [-0.3, -0.25) is 14.6 Å². The third kappa shape index (κ3) is 6.60. The van der Waals surface area contributed by atoms with Gasteiger partial charge in [0.2, 0.25) is 5.82 Å². The fourth-order valence-electron chi connectivity index (χ4n) is 6.14. The van der Waals surface area contributed by atoms with E-state index in [0.29, 0.717) is 10.3 Å². The summed E-state index contributed by atoms with van der Waals surface area (Å²) in [4.78, 5) is 31.6. The number of anilines is 1. The Balaban J connectivity index is 1.18. The molecule has 0 N–H and O–H groups in total. The van der Waals surface area contributed by atoms with Crippen molar-refractivity contribution in [3.05, 3.63) is 51.9 Å². The zero-order valence-corrected chi connectivity index (χ0v) is 23.9. The van der Waals surface area contributed by atoms with Crippen LogP contribution in [0.4, 0.5) is 5.82 Å². The molecule has 3 fully saturated rings. The Kier molecular flexibility index (Phi) is 9.05. The molecule has 3 aliphatic rings. The maximum atomic E-state index is 13.4.